The van der Waals surface area contributed by atoms with Crippen LogP contribution in [0.4, 0.5) is 10.7 Å². The van der Waals surface area contributed by atoms with Crippen molar-refractivity contribution in [3.63, 3.8) is 0 Å². The van der Waals surface area contributed by atoms with Crippen LogP contribution in [0.25, 0.3) is 0 Å². The monoisotopic (exact) mass is 485 g/mol. The summed E-state index contributed by atoms with van der Waals surface area (Å²) in [6.45, 7) is 14.5. The number of nitrogens with zero attached hydrogens (tertiary/aromatic N) is 1. The fraction of sp³-hybridized carbons (Fsp3) is 0.792. The molecule has 0 radical (unpaired) electrons. The SMILES string of the molecule is CCCCCCCCNc1oc([C@H](CSC(C)(C)C)NC(=O)OC(C)(C)C)nc1C(=O)OC. The van der Waals surface area contributed by atoms with E-state index in [-0.39, 0.29) is 22.2 Å². The van der Waals surface area contributed by atoms with Crippen LogP contribution in [0.1, 0.15) is 109 Å². The molecule has 0 aliphatic heterocycles. The molecule has 0 unspecified atom stereocenters. The van der Waals surface area contributed by atoms with Crippen molar-refractivity contribution in [2.45, 2.75) is 103 Å². The summed E-state index contributed by atoms with van der Waals surface area (Å²) >= 11 is 1.65. The molecule has 0 aliphatic carbocycles. The summed E-state index contributed by atoms with van der Waals surface area (Å²) in [4.78, 5) is 29.1. The van der Waals surface area contributed by atoms with Crippen molar-refractivity contribution in [2.24, 2.45) is 0 Å². The van der Waals surface area contributed by atoms with E-state index in [9.17, 15) is 9.59 Å². The Hall–Kier alpha value is -1.90. The number of hydrogen-bond acceptors (Lipinski definition) is 8. The number of thioether (sulfide) groups is 1. The van der Waals surface area contributed by atoms with Crippen molar-refractivity contribution in [3.8, 4) is 0 Å². The van der Waals surface area contributed by atoms with Crippen LogP contribution in [-0.4, -0.2) is 46.8 Å². The van der Waals surface area contributed by atoms with Gasteiger partial charge in [-0.3, -0.25) is 0 Å². The summed E-state index contributed by atoms with van der Waals surface area (Å²) in [5.41, 5.74) is -0.557. The number of oxazole rings is 1. The summed E-state index contributed by atoms with van der Waals surface area (Å²) in [6.07, 6.45) is 6.39. The highest BCUT2D eigenvalue weighted by Gasteiger charge is 2.29. The second-order valence-corrected chi connectivity index (χ2v) is 11.9. The molecule has 9 heteroatoms. The average molecular weight is 486 g/mol. The van der Waals surface area contributed by atoms with Crippen LogP contribution in [0.5, 0.6) is 0 Å². The number of carbonyl (C=O) groups excluding carboxylic acids is 2. The van der Waals surface area contributed by atoms with E-state index < -0.39 is 23.7 Å². The van der Waals surface area contributed by atoms with Crippen molar-refractivity contribution in [1.29, 1.82) is 0 Å². The molecular formula is C24H43N3O5S. The molecule has 33 heavy (non-hydrogen) atoms. The highest BCUT2D eigenvalue weighted by molar-refractivity contribution is 8.00. The largest absolute Gasteiger partial charge is 0.464 e. The minimum absolute atomic E-state index is 0.0372. The molecule has 190 valence electrons. The Morgan fingerprint density at radius 2 is 1.70 bits per heavy atom. The molecule has 2 N–H and O–H groups in total. The molecule has 0 spiro atoms. The maximum absolute atomic E-state index is 12.4. The third-order valence-electron chi connectivity index (χ3n) is 4.51. The molecule has 1 aromatic heterocycles. The summed E-state index contributed by atoms with van der Waals surface area (Å²) in [5.74, 6) is 0.418. The lowest BCUT2D eigenvalue weighted by atomic mass is 10.1. The molecule has 8 nitrogen and oxygen atoms in total. The Bertz CT molecular complexity index is 737. The van der Waals surface area contributed by atoms with Crippen molar-refractivity contribution < 1.29 is 23.5 Å². The van der Waals surface area contributed by atoms with E-state index in [0.29, 0.717) is 12.3 Å². The summed E-state index contributed by atoms with van der Waals surface area (Å²) in [5, 5.41) is 6.02. The predicted octanol–water partition coefficient (Wildman–Crippen LogP) is 6.33. The molecule has 0 aromatic carbocycles. The number of rotatable bonds is 13. The van der Waals surface area contributed by atoms with Gasteiger partial charge in [0.2, 0.25) is 17.5 Å². The van der Waals surface area contributed by atoms with Gasteiger partial charge in [0.1, 0.15) is 11.6 Å². The number of anilines is 1. The number of ether oxygens (including phenoxy) is 2. The van der Waals surface area contributed by atoms with Gasteiger partial charge >= 0.3 is 12.1 Å². The Kier molecular flexibility index (Phi) is 12.1. The highest BCUT2D eigenvalue weighted by atomic mass is 32.2. The van der Waals surface area contributed by atoms with Gasteiger partial charge in [0.25, 0.3) is 0 Å². The zero-order valence-corrected chi connectivity index (χ0v) is 22.4. The Morgan fingerprint density at radius 1 is 1.06 bits per heavy atom. The van der Waals surface area contributed by atoms with Gasteiger partial charge in [-0.25, -0.2) is 14.6 Å². The number of hydrogen-bond donors (Lipinski definition) is 2. The van der Waals surface area contributed by atoms with Gasteiger partial charge in [-0.1, -0.05) is 59.8 Å². The normalized spacial score (nSPS) is 12.8. The molecule has 1 amide bonds. The van der Waals surface area contributed by atoms with E-state index >= 15 is 0 Å². The number of aromatic nitrogens is 1. The molecule has 0 saturated heterocycles. The van der Waals surface area contributed by atoms with E-state index in [1.807, 2.05) is 0 Å². The maximum atomic E-state index is 12.4. The van der Waals surface area contributed by atoms with E-state index in [4.69, 9.17) is 13.9 Å². The highest BCUT2D eigenvalue weighted by Crippen LogP contribution is 2.30. The van der Waals surface area contributed by atoms with E-state index in [0.717, 1.165) is 12.8 Å². The topological polar surface area (TPSA) is 103 Å². The molecule has 0 fully saturated rings. The maximum Gasteiger partial charge on any atom is 0.408 e. The van der Waals surface area contributed by atoms with Gasteiger partial charge < -0.3 is 24.5 Å². The number of alkyl carbamates (subject to hydrolysis) is 1. The number of nitrogens with one attached hydrogen (secondary N) is 2. The third-order valence-corrected chi connectivity index (χ3v) is 5.88. The lowest BCUT2D eigenvalue weighted by Crippen LogP contribution is -2.36. The average Bonchev–Trinajstić information content (AvgIpc) is 3.11. The van der Waals surface area contributed by atoms with Crippen molar-refractivity contribution in [2.75, 3.05) is 24.7 Å². The lowest BCUT2D eigenvalue weighted by molar-refractivity contribution is 0.0501. The molecule has 1 aromatic rings. The predicted molar refractivity (Wildman–Crippen MR) is 134 cm³/mol. The second kappa shape index (κ2) is 13.7. The summed E-state index contributed by atoms with van der Waals surface area (Å²) < 4.78 is 16.2. The zero-order valence-electron chi connectivity index (χ0n) is 21.6. The molecule has 0 aliphatic rings. The third kappa shape index (κ3) is 12.2. The van der Waals surface area contributed by atoms with Crippen LogP contribution in [0, 0.1) is 0 Å². The second-order valence-electron chi connectivity index (χ2n) is 10.0. The van der Waals surface area contributed by atoms with Crippen LogP contribution in [-0.2, 0) is 9.47 Å². The van der Waals surface area contributed by atoms with Gasteiger partial charge in [0.15, 0.2) is 0 Å². The minimum atomic E-state index is -0.635. The van der Waals surface area contributed by atoms with E-state index in [1.54, 1.807) is 32.5 Å². The van der Waals surface area contributed by atoms with Gasteiger partial charge in [0.05, 0.1) is 7.11 Å². The molecule has 1 rings (SSSR count). The first-order valence-corrected chi connectivity index (χ1v) is 12.8. The van der Waals surface area contributed by atoms with E-state index in [1.165, 1.54) is 32.8 Å². The molecule has 1 heterocycles. The van der Waals surface area contributed by atoms with Crippen LogP contribution in [0.3, 0.4) is 0 Å². The zero-order chi connectivity index (χ0) is 25.1. The van der Waals surface area contributed by atoms with Gasteiger partial charge in [-0.15, -0.1) is 0 Å². The minimum Gasteiger partial charge on any atom is -0.464 e. The van der Waals surface area contributed by atoms with Crippen LogP contribution < -0.4 is 10.6 Å². The van der Waals surface area contributed by atoms with Crippen molar-refractivity contribution in [1.82, 2.24) is 10.3 Å². The standard InChI is InChI=1S/C24H43N3O5S/c1-9-10-11-12-13-14-15-25-20-18(21(28)30-8)27-19(31-20)17(16-33-24(5,6)7)26-22(29)32-23(2,3)4/h17,25H,9-16H2,1-8H3,(H,26,29)/t17-/m0/s1. The summed E-state index contributed by atoms with van der Waals surface area (Å²) in [7, 11) is 1.31. The Labute approximate surface area is 203 Å². The first kappa shape index (κ1) is 29.1. The number of unbranched alkanes of at least 4 members (excludes halogenated alkanes) is 5. The van der Waals surface area contributed by atoms with Crippen LogP contribution in [0.15, 0.2) is 4.42 Å². The van der Waals surface area contributed by atoms with Gasteiger partial charge in [-0.05, 0) is 27.2 Å². The fourth-order valence-corrected chi connectivity index (χ4v) is 3.80. The van der Waals surface area contributed by atoms with Gasteiger partial charge in [0, 0.05) is 17.0 Å². The lowest BCUT2D eigenvalue weighted by Gasteiger charge is -2.24. The number of methoxy groups -OCH3 is 1. The number of esters is 1. The Morgan fingerprint density at radius 3 is 2.27 bits per heavy atom. The van der Waals surface area contributed by atoms with E-state index in [2.05, 4.69) is 43.3 Å². The molecule has 0 bridgehead atoms. The Balaban J connectivity index is 2.98. The summed E-state index contributed by atoms with van der Waals surface area (Å²) in [6, 6.07) is -0.572. The molecule has 1 atom stereocenters. The smallest absolute Gasteiger partial charge is 0.408 e. The van der Waals surface area contributed by atoms with Crippen molar-refractivity contribution >= 4 is 29.7 Å². The number of carbonyl (C=O) groups is 2. The van der Waals surface area contributed by atoms with Gasteiger partial charge in [-0.2, -0.15) is 11.8 Å². The first-order valence-electron chi connectivity index (χ1n) is 11.8. The van der Waals surface area contributed by atoms with Crippen molar-refractivity contribution in [3.05, 3.63) is 11.6 Å². The molecule has 0 saturated carbocycles. The quantitative estimate of drug-likeness (QED) is 0.247. The molecular weight excluding hydrogens is 442 g/mol. The van der Waals surface area contributed by atoms with Crippen LogP contribution >= 0.6 is 11.8 Å². The number of amides is 1. The van der Waals surface area contributed by atoms with Crippen LogP contribution in [0.2, 0.25) is 0 Å². The first-order chi connectivity index (χ1) is 15.4. The fourth-order valence-electron chi connectivity index (χ4n) is 2.91.